The number of hydrogen-bond acceptors (Lipinski definition) is 7. The number of carbonyl (C=O) groups excluding carboxylic acids is 3. The van der Waals surface area contributed by atoms with E-state index in [1.165, 1.54) is 0 Å². The number of rotatable bonds is 10. The number of amidine groups is 1. The number of hydrogen-bond donors (Lipinski definition) is 0. The van der Waals surface area contributed by atoms with E-state index in [1.54, 1.807) is 0 Å². The summed E-state index contributed by atoms with van der Waals surface area (Å²) in [6.45, 7) is 9.66. The third kappa shape index (κ3) is 10.1. The van der Waals surface area contributed by atoms with Gasteiger partial charge in [-0.1, -0.05) is 49.2 Å². The molecule has 4 aliphatic heterocycles. The first-order chi connectivity index (χ1) is 27.8. The van der Waals surface area contributed by atoms with E-state index in [4.69, 9.17) is 30.8 Å². The van der Waals surface area contributed by atoms with Crippen molar-refractivity contribution in [3.05, 3.63) is 75.9 Å². The first-order valence-electron chi connectivity index (χ1n) is 21.6. The molecular weight excluding hydrogens is 740 g/mol. The van der Waals surface area contributed by atoms with Gasteiger partial charge in [0.05, 0.1) is 31.4 Å². The molecule has 1 aromatic carbocycles. The largest absolute Gasteiger partial charge is 0.493 e. The molecule has 0 bridgehead atoms. The molecule has 0 aromatic heterocycles. The average Bonchev–Trinajstić information content (AvgIpc) is 3.45. The zero-order valence-electron chi connectivity index (χ0n) is 34.0. The van der Waals surface area contributed by atoms with E-state index in [0.717, 1.165) is 80.6 Å². The summed E-state index contributed by atoms with van der Waals surface area (Å²) in [5, 5.41) is 0.799. The van der Waals surface area contributed by atoms with Crippen molar-refractivity contribution in [1.82, 2.24) is 14.7 Å². The van der Waals surface area contributed by atoms with Gasteiger partial charge in [-0.3, -0.25) is 19.5 Å². The molecule has 0 radical (unpaired) electrons. The third-order valence-electron chi connectivity index (χ3n) is 12.6. The highest BCUT2D eigenvalue weighted by molar-refractivity contribution is 6.29. The second-order valence-corrected chi connectivity index (χ2v) is 17.0. The Morgan fingerprint density at radius 3 is 2.53 bits per heavy atom. The molecule has 6 aliphatic rings. The van der Waals surface area contributed by atoms with Crippen molar-refractivity contribution in [2.75, 3.05) is 59.2 Å². The Morgan fingerprint density at radius 1 is 0.912 bits per heavy atom. The minimum atomic E-state index is -0.375. The number of morpholine rings is 1. The van der Waals surface area contributed by atoms with Crippen LogP contribution in [0.15, 0.2) is 69.8 Å². The molecule has 0 spiro atoms. The summed E-state index contributed by atoms with van der Waals surface area (Å²) in [4.78, 5) is 54.0. The van der Waals surface area contributed by atoms with E-state index in [2.05, 4.69) is 31.2 Å². The van der Waals surface area contributed by atoms with E-state index >= 15 is 4.79 Å². The lowest BCUT2D eigenvalue weighted by molar-refractivity contribution is -0.135. The monoisotopic (exact) mass is 800 g/mol. The fourth-order valence-electron chi connectivity index (χ4n) is 9.21. The number of allylic oxidation sites excluding steroid dienone is 5. The summed E-state index contributed by atoms with van der Waals surface area (Å²) in [5.74, 6) is 2.10. The Balaban J connectivity index is 1.23. The van der Waals surface area contributed by atoms with Crippen LogP contribution in [-0.2, 0) is 14.3 Å². The van der Waals surface area contributed by atoms with Crippen LogP contribution >= 0.6 is 11.6 Å². The highest BCUT2D eigenvalue weighted by Crippen LogP contribution is 2.40. The number of Topliss-reactive ketones (excluding diaryl/α,β-unsaturated/α-hetero) is 1. The van der Waals surface area contributed by atoms with E-state index in [9.17, 15) is 9.59 Å². The van der Waals surface area contributed by atoms with E-state index < -0.39 is 0 Å². The van der Waals surface area contributed by atoms with Gasteiger partial charge in [-0.2, -0.15) is 0 Å². The molecule has 57 heavy (non-hydrogen) atoms. The van der Waals surface area contributed by atoms with Crippen molar-refractivity contribution in [2.24, 2.45) is 22.7 Å². The number of likely N-dealkylation sites (tertiary alicyclic amines) is 1. The second-order valence-electron chi connectivity index (χ2n) is 16.5. The molecule has 10 nitrogen and oxygen atoms in total. The number of urea groups is 1. The standard InChI is InChI=1S/C46H61ClN4O6/c1-3-57-40-19-16-37(44(53)36-8-4-5-27-55-28-22-36)31-39(40)45-48-42(34-12-9-32(2)10-13-34)43(35-14-17-38(47)18-15-35)51(45)46(54)50-23-6-7-33(21-24-50)11-20-41(52)49-25-29-56-30-26-49/h9,12-14,16-17,19,31-33,36,42-43H,3-8,10-11,15,18,20-30H2,1-2H3. The summed E-state index contributed by atoms with van der Waals surface area (Å²) in [6, 6.07) is 4.88. The molecule has 3 saturated heterocycles. The van der Waals surface area contributed by atoms with Crippen molar-refractivity contribution in [3.63, 3.8) is 0 Å². The highest BCUT2D eigenvalue weighted by Gasteiger charge is 2.46. The maximum absolute atomic E-state index is 15.4. The zero-order valence-corrected chi connectivity index (χ0v) is 34.7. The van der Waals surface area contributed by atoms with Crippen LogP contribution in [0.1, 0.15) is 107 Å². The van der Waals surface area contributed by atoms with E-state index in [1.807, 2.05) is 45.9 Å². The maximum Gasteiger partial charge on any atom is 0.326 e. The number of amides is 3. The number of aliphatic imine (C=N–C) groups is 1. The lowest BCUT2D eigenvalue weighted by atomic mass is 9.86. The smallest absolute Gasteiger partial charge is 0.326 e. The Kier molecular flexibility index (Phi) is 14.4. The zero-order chi connectivity index (χ0) is 39.7. The van der Waals surface area contributed by atoms with Crippen molar-refractivity contribution < 1.29 is 28.6 Å². The van der Waals surface area contributed by atoms with Crippen LogP contribution in [0.25, 0.3) is 0 Å². The number of carbonyl (C=O) groups is 3. The highest BCUT2D eigenvalue weighted by atomic mass is 35.5. The fraction of sp³-hybridized carbons (Fsp3) is 0.609. The van der Waals surface area contributed by atoms with Gasteiger partial charge in [0.15, 0.2) is 5.78 Å². The molecular formula is C46H61ClN4O6. The second kappa shape index (κ2) is 19.8. The number of halogens is 1. The Bertz CT molecular complexity index is 1770. The summed E-state index contributed by atoms with van der Waals surface area (Å²) >= 11 is 6.53. The number of nitrogens with zero attached hydrogens (tertiary/aromatic N) is 4. The topological polar surface area (TPSA) is 101 Å². The van der Waals surface area contributed by atoms with Gasteiger partial charge in [0.2, 0.25) is 5.91 Å². The van der Waals surface area contributed by atoms with Crippen LogP contribution in [-0.4, -0.2) is 110 Å². The summed E-state index contributed by atoms with van der Waals surface area (Å²) in [7, 11) is 0. The molecule has 1 aromatic rings. The SMILES string of the molecule is CCOc1ccc(C(=O)C2CCCCOCC2)cc1C1=NC(C2=CCC(C)C=C2)C(C2=CC=C(Cl)CC2)N1C(=O)N1CCCC(CCC(=O)N2CCOCC2)CC1. The van der Waals surface area contributed by atoms with Gasteiger partial charge in [-0.15, -0.1) is 0 Å². The van der Waals surface area contributed by atoms with Crippen LogP contribution in [0, 0.1) is 17.8 Å². The van der Waals surface area contributed by atoms with Crippen molar-refractivity contribution >= 4 is 35.2 Å². The molecule has 0 saturated carbocycles. The molecule has 11 heteroatoms. The van der Waals surface area contributed by atoms with Crippen LogP contribution in [0.5, 0.6) is 5.75 Å². The van der Waals surface area contributed by atoms with Gasteiger partial charge in [-0.05, 0) is 118 Å². The molecule has 5 atom stereocenters. The van der Waals surface area contributed by atoms with Gasteiger partial charge in [-0.25, -0.2) is 4.79 Å². The average molecular weight is 801 g/mol. The Labute approximate surface area is 344 Å². The number of ketones is 1. The molecule has 4 heterocycles. The lowest BCUT2D eigenvalue weighted by Gasteiger charge is -2.36. The van der Waals surface area contributed by atoms with Crippen molar-refractivity contribution in [3.8, 4) is 5.75 Å². The van der Waals surface area contributed by atoms with Crippen molar-refractivity contribution in [2.45, 2.75) is 103 Å². The minimum absolute atomic E-state index is 0.0852. The van der Waals surface area contributed by atoms with Crippen LogP contribution in [0.2, 0.25) is 0 Å². The maximum atomic E-state index is 15.4. The first kappa shape index (κ1) is 41.4. The van der Waals surface area contributed by atoms with E-state index in [0.29, 0.717) is 106 Å². The molecule has 7 rings (SSSR count). The van der Waals surface area contributed by atoms with Gasteiger partial charge in [0.1, 0.15) is 17.6 Å². The quantitative estimate of drug-likeness (QED) is 0.220. The minimum Gasteiger partial charge on any atom is -0.493 e. The van der Waals surface area contributed by atoms with Crippen LogP contribution in [0.4, 0.5) is 4.79 Å². The van der Waals surface area contributed by atoms with Gasteiger partial charge in [0, 0.05) is 62.3 Å². The first-order valence-corrected chi connectivity index (χ1v) is 22.0. The van der Waals surface area contributed by atoms with E-state index in [-0.39, 0.29) is 35.7 Å². The molecule has 3 fully saturated rings. The predicted octanol–water partition coefficient (Wildman–Crippen LogP) is 8.50. The van der Waals surface area contributed by atoms with Crippen molar-refractivity contribution in [1.29, 1.82) is 0 Å². The summed E-state index contributed by atoms with van der Waals surface area (Å²) in [5.41, 5.74) is 3.47. The lowest BCUT2D eigenvalue weighted by Crippen LogP contribution is -2.52. The van der Waals surface area contributed by atoms with Crippen LogP contribution < -0.4 is 4.74 Å². The van der Waals surface area contributed by atoms with Gasteiger partial charge in [0.25, 0.3) is 0 Å². The normalized spacial score (nSPS) is 27.4. The Hall–Kier alpha value is -3.73. The fourth-order valence-corrected chi connectivity index (χ4v) is 9.37. The molecule has 308 valence electrons. The molecule has 0 N–H and O–H groups in total. The predicted molar refractivity (Wildman–Crippen MR) is 224 cm³/mol. The van der Waals surface area contributed by atoms with Gasteiger partial charge >= 0.3 is 6.03 Å². The summed E-state index contributed by atoms with van der Waals surface area (Å²) < 4.78 is 17.5. The molecule has 3 amide bonds. The summed E-state index contributed by atoms with van der Waals surface area (Å²) in [6.07, 6.45) is 20.5. The molecule has 2 aliphatic carbocycles. The Morgan fingerprint density at radius 2 is 1.75 bits per heavy atom. The van der Waals surface area contributed by atoms with Crippen LogP contribution in [0.3, 0.4) is 0 Å². The number of benzene rings is 1. The number of ether oxygens (including phenoxy) is 3. The third-order valence-corrected chi connectivity index (χ3v) is 12.9. The molecule has 5 unspecified atom stereocenters. The van der Waals surface area contributed by atoms with Gasteiger partial charge < -0.3 is 24.0 Å².